The lowest BCUT2D eigenvalue weighted by Crippen LogP contribution is -2.33. The van der Waals surface area contributed by atoms with Gasteiger partial charge in [-0.05, 0) is 18.6 Å². The van der Waals surface area contributed by atoms with E-state index in [2.05, 4.69) is 5.32 Å². The average Bonchev–Trinajstić information content (AvgIpc) is 2.21. The minimum Gasteiger partial charge on any atom is -0.325 e. The number of carbonyl (C=O) groups excluding carboxylic acids is 2. The van der Waals surface area contributed by atoms with Crippen molar-refractivity contribution < 1.29 is 9.59 Å². The van der Waals surface area contributed by atoms with Crippen molar-refractivity contribution in [1.82, 2.24) is 5.43 Å². The van der Waals surface area contributed by atoms with Gasteiger partial charge in [-0.2, -0.15) is 0 Å². The van der Waals surface area contributed by atoms with Crippen molar-refractivity contribution in [3.63, 3.8) is 0 Å². The van der Waals surface area contributed by atoms with Crippen molar-refractivity contribution in [2.75, 3.05) is 5.32 Å². The number of nitrogens with two attached hydrogens (primary N) is 1. The van der Waals surface area contributed by atoms with E-state index in [1.807, 2.05) is 30.5 Å². The van der Waals surface area contributed by atoms with Crippen molar-refractivity contribution in [2.45, 2.75) is 13.3 Å². The predicted molar refractivity (Wildman–Crippen MR) is 56.8 cm³/mol. The molecule has 0 heterocycles. The molecule has 0 bridgehead atoms. The number of rotatable bonds is 3. The summed E-state index contributed by atoms with van der Waals surface area (Å²) in [5.41, 5.74) is 3.54. The molecule has 5 heteroatoms. The SMILES string of the molecule is Cc1ccccc1NC(=O)CC(=O)NN. The predicted octanol–water partition coefficient (Wildman–Crippen LogP) is 0.314. The first-order valence-corrected chi connectivity index (χ1v) is 4.48. The van der Waals surface area contributed by atoms with Gasteiger partial charge in [0.1, 0.15) is 6.42 Å². The van der Waals surface area contributed by atoms with Crippen LogP contribution in [0.4, 0.5) is 5.69 Å². The Bertz CT molecular complexity index is 377. The van der Waals surface area contributed by atoms with E-state index in [1.165, 1.54) is 0 Å². The number of amides is 2. The first-order valence-electron chi connectivity index (χ1n) is 4.48. The molecule has 1 aromatic carbocycles. The Labute approximate surface area is 87.6 Å². The zero-order valence-electron chi connectivity index (χ0n) is 8.41. The highest BCUT2D eigenvalue weighted by molar-refractivity contribution is 6.03. The van der Waals surface area contributed by atoms with Crippen LogP contribution in [-0.4, -0.2) is 11.8 Å². The molecule has 1 rings (SSSR count). The van der Waals surface area contributed by atoms with E-state index in [4.69, 9.17) is 5.84 Å². The maximum absolute atomic E-state index is 11.3. The Morgan fingerprint density at radius 3 is 2.53 bits per heavy atom. The van der Waals surface area contributed by atoms with Gasteiger partial charge in [0.05, 0.1) is 0 Å². The molecule has 0 aliphatic heterocycles. The molecule has 0 fully saturated rings. The summed E-state index contributed by atoms with van der Waals surface area (Å²) in [6, 6.07) is 7.33. The van der Waals surface area contributed by atoms with Crippen LogP contribution in [-0.2, 0) is 9.59 Å². The van der Waals surface area contributed by atoms with Crippen molar-refractivity contribution in [1.29, 1.82) is 0 Å². The van der Waals surface area contributed by atoms with Gasteiger partial charge in [0.25, 0.3) is 0 Å². The molecular formula is C10H13N3O2. The van der Waals surface area contributed by atoms with Gasteiger partial charge in [0, 0.05) is 5.69 Å². The van der Waals surface area contributed by atoms with Crippen LogP contribution < -0.4 is 16.6 Å². The Hall–Kier alpha value is -1.88. The van der Waals surface area contributed by atoms with E-state index in [0.717, 1.165) is 5.56 Å². The van der Waals surface area contributed by atoms with Gasteiger partial charge in [-0.25, -0.2) is 5.84 Å². The topological polar surface area (TPSA) is 84.2 Å². The van der Waals surface area contributed by atoms with Crippen LogP contribution in [0.15, 0.2) is 24.3 Å². The van der Waals surface area contributed by atoms with Crippen LogP contribution in [0.5, 0.6) is 0 Å². The van der Waals surface area contributed by atoms with Crippen LogP contribution in [0.1, 0.15) is 12.0 Å². The van der Waals surface area contributed by atoms with Crippen molar-refractivity contribution >= 4 is 17.5 Å². The minimum absolute atomic E-state index is 0.273. The molecule has 4 N–H and O–H groups in total. The first-order chi connectivity index (χ1) is 7.13. The number of benzene rings is 1. The number of hydrogen-bond donors (Lipinski definition) is 3. The molecule has 0 atom stereocenters. The maximum atomic E-state index is 11.3. The molecule has 0 saturated carbocycles. The lowest BCUT2D eigenvalue weighted by atomic mass is 10.2. The molecule has 0 radical (unpaired) electrons. The second-order valence-electron chi connectivity index (χ2n) is 3.11. The molecule has 2 amide bonds. The summed E-state index contributed by atoms with van der Waals surface area (Å²) in [5.74, 6) is 3.97. The van der Waals surface area contributed by atoms with E-state index in [1.54, 1.807) is 6.07 Å². The molecule has 0 aromatic heterocycles. The molecule has 1 aromatic rings. The molecule has 0 unspecified atom stereocenters. The standard InChI is InChI=1S/C10H13N3O2/c1-7-4-2-3-5-8(7)12-9(14)6-10(15)13-11/h2-5H,6,11H2,1H3,(H,12,14)(H,13,15). The summed E-state index contributed by atoms with van der Waals surface area (Å²) in [6.45, 7) is 1.87. The minimum atomic E-state index is -0.513. The summed E-state index contributed by atoms with van der Waals surface area (Å²) in [5, 5.41) is 2.62. The average molecular weight is 207 g/mol. The van der Waals surface area contributed by atoms with Gasteiger partial charge in [0.2, 0.25) is 11.8 Å². The molecule has 0 saturated heterocycles. The van der Waals surface area contributed by atoms with E-state index in [0.29, 0.717) is 5.69 Å². The fourth-order valence-electron chi connectivity index (χ4n) is 1.10. The van der Waals surface area contributed by atoms with E-state index < -0.39 is 5.91 Å². The zero-order chi connectivity index (χ0) is 11.3. The maximum Gasteiger partial charge on any atom is 0.243 e. The highest BCUT2D eigenvalue weighted by Gasteiger charge is 2.08. The second kappa shape index (κ2) is 5.11. The molecule has 15 heavy (non-hydrogen) atoms. The molecule has 0 aliphatic rings. The van der Waals surface area contributed by atoms with E-state index in [9.17, 15) is 9.59 Å². The summed E-state index contributed by atoms with van der Waals surface area (Å²) in [4.78, 5) is 22.1. The second-order valence-corrected chi connectivity index (χ2v) is 3.11. The first kappa shape index (κ1) is 11.2. The number of hydrogen-bond acceptors (Lipinski definition) is 3. The largest absolute Gasteiger partial charge is 0.325 e. The van der Waals surface area contributed by atoms with Gasteiger partial charge >= 0.3 is 0 Å². The van der Waals surface area contributed by atoms with Gasteiger partial charge in [0.15, 0.2) is 0 Å². The summed E-state index contributed by atoms with van der Waals surface area (Å²) in [7, 11) is 0. The third-order valence-electron chi connectivity index (χ3n) is 1.90. The number of para-hydroxylation sites is 1. The van der Waals surface area contributed by atoms with Crippen molar-refractivity contribution in [3.8, 4) is 0 Å². The van der Waals surface area contributed by atoms with Crippen LogP contribution in [0.3, 0.4) is 0 Å². The number of anilines is 1. The van der Waals surface area contributed by atoms with Crippen molar-refractivity contribution in [2.24, 2.45) is 5.84 Å². The Balaban J connectivity index is 2.59. The Morgan fingerprint density at radius 2 is 1.93 bits per heavy atom. The fraction of sp³-hybridized carbons (Fsp3) is 0.200. The fourth-order valence-corrected chi connectivity index (χ4v) is 1.10. The van der Waals surface area contributed by atoms with Gasteiger partial charge in [-0.3, -0.25) is 15.0 Å². The van der Waals surface area contributed by atoms with Crippen molar-refractivity contribution in [3.05, 3.63) is 29.8 Å². The third kappa shape index (κ3) is 3.40. The molecule has 80 valence electrons. The lowest BCUT2D eigenvalue weighted by Gasteiger charge is -2.06. The Morgan fingerprint density at radius 1 is 1.27 bits per heavy atom. The smallest absolute Gasteiger partial charge is 0.243 e. The van der Waals surface area contributed by atoms with Crippen LogP contribution >= 0.6 is 0 Å². The zero-order valence-corrected chi connectivity index (χ0v) is 8.41. The van der Waals surface area contributed by atoms with E-state index >= 15 is 0 Å². The van der Waals surface area contributed by atoms with Gasteiger partial charge in [-0.1, -0.05) is 18.2 Å². The monoisotopic (exact) mass is 207 g/mol. The highest BCUT2D eigenvalue weighted by atomic mass is 16.2. The molecule has 5 nitrogen and oxygen atoms in total. The summed E-state index contributed by atoms with van der Waals surface area (Å²) < 4.78 is 0. The van der Waals surface area contributed by atoms with Gasteiger partial charge in [-0.15, -0.1) is 0 Å². The van der Waals surface area contributed by atoms with Gasteiger partial charge < -0.3 is 5.32 Å². The number of aryl methyl sites for hydroxylation is 1. The number of carbonyl (C=O) groups is 2. The molecular weight excluding hydrogens is 194 g/mol. The normalized spacial score (nSPS) is 9.47. The summed E-state index contributed by atoms with van der Waals surface area (Å²) >= 11 is 0. The Kier molecular flexibility index (Phi) is 3.82. The van der Waals surface area contributed by atoms with Crippen LogP contribution in [0.25, 0.3) is 0 Å². The van der Waals surface area contributed by atoms with Crippen LogP contribution in [0.2, 0.25) is 0 Å². The number of hydrazine groups is 1. The molecule has 0 spiro atoms. The third-order valence-corrected chi connectivity index (χ3v) is 1.90. The summed E-state index contributed by atoms with van der Waals surface area (Å²) in [6.07, 6.45) is -0.273. The lowest BCUT2D eigenvalue weighted by molar-refractivity contribution is -0.126. The quantitative estimate of drug-likeness (QED) is 0.289. The highest BCUT2D eigenvalue weighted by Crippen LogP contribution is 2.12. The van der Waals surface area contributed by atoms with Crippen LogP contribution in [0, 0.1) is 6.92 Å². The number of nitrogens with one attached hydrogen (secondary N) is 2. The molecule has 0 aliphatic carbocycles. The van der Waals surface area contributed by atoms with E-state index in [-0.39, 0.29) is 12.3 Å².